The number of hydrogen-bond acceptors (Lipinski definition) is 2. The molecule has 1 fully saturated rings. The zero-order valence-corrected chi connectivity index (χ0v) is 13.7. The van der Waals surface area contributed by atoms with Crippen LogP contribution in [0.4, 0.5) is 0 Å². The Kier molecular flexibility index (Phi) is 4.62. The van der Waals surface area contributed by atoms with Crippen LogP contribution in [0, 0.1) is 0 Å². The lowest BCUT2D eigenvalue weighted by molar-refractivity contribution is 0.474. The van der Waals surface area contributed by atoms with Gasteiger partial charge in [0.2, 0.25) is 0 Å². The molecule has 0 aliphatic carbocycles. The average molecular weight is 277 g/mol. The van der Waals surface area contributed by atoms with E-state index in [1.165, 1.54) is 23.3 Å². The van der Waals surface area contributed by atoms with E-state index in [-0.39, 0.29) is 5.41 Å². The molecule has 0 spiro atoms. The zero-order valence-electron chi connectivity index (χ0n) is 12.9. The van der Waals surface area contributed by atoms with Crippen molar-refractivity contribution in [1.29, 1.82) is 0 Å². The highest BCUT2D eigenvalue weighted by Gasteiger charge is 2.23. The maximum atomic E-state index is 3.76. The van der Waals surface area contributed by atoms with Crippen LogP contribution in [0.2, 0.25) is 0 Å². The van der Waals surface area contributed by atoms with Crippen molar-refractivity contribution >= 4 is 11.8 Å². The molecule has 1 aromatic rings. The molecule has 106 valence electrons. The molecule has 1 aromatic carbocycles. The summed E-state index contributed by atoms with van der Waals surface area (Å²) in [4.78, 5) is 0. The number of rotatable bonds is 3. The normalized spacial score (nSPS) is 25.5. The fourth-order valence-corrected chi connectivity index (χ4v) is 3.82. The number of hydrogen-bond donors (Lipinski definition) is 1. The highest BCUT2D eigenvalue weighted by molar-refractivity contribution is 8.00. The summed E-state index contributed by atoms with van der Waals surface area (Å²) >= 11 is 2.09. The van der Waals surface area contributed by atoms with Gasteiger partial charge in [0.25, 0.3) is 0 Å². The molecule has 3 unspecified atom stereocenters. The Labute approximate surface area is 122 Å². The summed E-state index contributed by atoms with van der Waals surface area (Å²) < 4.78 is 0. The monoisotopic (exact) mass is 277 g/mol. The van der Waals surface area contributed by atoms with Crippen molar-refractivity contribution in [1.82, 2.24) is 5.32 Å². The Morgan fingerprint density at radius 1 is 1.21 bits per heavy atom. The fourth-order valence-electron chi connectivity index (χ4n) is 2.65. The molecule has 0 saturated carbocycles. The molecule has 1 saturated heterocycles. The second-order valence-electron chi connectivity index (χ2n) is 6.84. The predicted octanol–water partition coefficient (Wildman–Crippen LogP) is 4.53. The molecule has 0 bridgehead atoms. The molecule has 1 nitrogen and oxygen atoms in total. The van der Waals surface area contributed by atoms with Crippen molar-refractivity contribution in [2.24, 2.45) is 0 Å². The van der Waals surface area contributed by atoms with Gasteiger partial charge >= 0.3 is 0 Å². The Morgan fingerprint density at radius 2 is 1.84 bits per heavy atom. The lowest BCUT2D eigenvalue weighted by Crippen LogP contribution is -2.31. The van der Waals surface area contributed by atoms with Gasteiger partial charge in [0.15, 0.2) is 0 Å². The molecule has 1 heterocycles. The molecule has 1 N–H and O–H groups in total. The molecular formula is C17H27NS. The lowest BCUT2D eigenvalue weighted by Gasteiger charge is -2.22. The van der Waals surface area contributed by atoms with Crippen LogP contribution >= 0.6 is 11.8 Å². The third kappa shape index (κ3) is 4.00. The summed E-state index contributed by atoms with van der Waals surface area (Å²) in [6, 6.07) is 10.2. The Bertz CT molecular complexity index is 404. The van der Waals surface area contributed by atoms with E-state index in [1.807, 2.05) is 0 Å². The van der Waals surface area contributed by atoms with E-state index in [2.05, 4.69) is 76.0 Å². The molecule has 0 aromatic heterocycles. The molecule has 19 heavy (non-hydrogen) atoms. The van der Waals surface area contributed by atoms with Crippen LogP contribution < -0.4 is 5.32 Å². The molecular weight excluding hydrogens is 250 g/mol. The van der Waals surface area contributed by atoms with E-state index >= 15 is 0 Å². The largest absolute Gasteiger partial charge is 0.307 e. The maximum Gasteiger partial charge on any atom is 0.0294 e. The Hall–Kier alpha value is -0.470. The van der Waals surface area contributed by atoms with Crippen molar-refractivity contribution in [3.8, 4) is 0 Å². The van der Waals surface area contributed by atoms with Crippen LogP contribution in [0.15, 0.2) is 24.3 Å². The second-order valence-corrected chi connectivity index (χ2v) is 8.31. The second kappa shape index (κ2) is 5.88. The SMILES string of the molecule is CC1CC(NC(C)c2ccc(C(C)(C)C)cc2)CS1. The van der Waals surface area contributed by atoms with E-state index in [9.17, 15) is 0 Å². The first-order valence-corrected chi connectivity index (χ1v) is 8.39. The van der Waals surface area contributed by atoms with Gasteiger partial charge in [-0.2, -0.15) is 11.8 Å². The van der Waals surface area contributed by atoms with E-state index in [0.717, 1.165) is 5.25 Å². The minimum atomic E-state index is 0.243. The average Bonchev–Trinajstić information content (AvgIpc) is 2.74. The molecule has 2 rings (SSSR count). The number of thioether (sulfide) groups is 1. The summed E-state index contributed by atoms with van der Waals surface area (Å²) in [5, 5.41) is 4.58. The van der Waals surface area contributed by atoms with E-state index in [4.69, 9.17) is 0 Å². The minimum absolute atomic E-state index is 0.243. The lowest BCUT2D eigenvalue weighted by atomic mass is 9.86. The fraction of sp³-hybridized carbons (Fsp3) is 0.647. The van der Waals surface area contributed by atoms with Gasteiger partial charge in [-0.3, -0.25) is 0 Å². The van der Waals surface area contributed by atoms with Crippen LogP contribution in [-0.2, 0) is 5.41 Å². The van der Waals surface area contributed by atoms with Gasteiger partial charge in [-0.25, -0.2) is 0 Å². The van der Waals surface area contributed by atoms with Gasteiger partial charge in [0.1, 0.15) is 0 Å². The Morgan fingerprint density at radius 3 is 2.32 bits per heavy atom. The molecule has 1 aliphatic heterocycles. The number of benzene rings is 1. The maximum absolute atomic E-state index is 3.76. The first kappa shape index (κ1) is 14.9. The molecule has 2 heteroatoms. The van der Waals surface area contributed by atoms with E-state index < -0.39 is 0 Å². The summed E-state index contributed by atoms with van der Waals surface area (Å²) in [5.41, 5.74) is 3.05. The topological polar surface area (TPSA) is 12.0 Å². The third-order valence-corrected chi connectivity index (χ3v) is 5.32. The summed E-state index contributed by atoms with van der Waals surface area (Å²) in [6.45, 7) is 11.4. The van der Waals surface area contributed by atoms with Crippen molar-refractivity contribution in [3.05, 3.63) is 35.4 Å². The van der Waals surface area contributed by atoms with Gasteiger partial charge in [-0.1, -0.05) is 52.0 Å². The van der Waals surface area contributed by atoms with Crippen molar-refractivity contribution in [2.75, 3.05) is 5.75 Å². The highest BCUT2D eigenvalue weighted by atomic mass is 32.2. The van der Waals surface area contributed by atoms with Gasteiger partial charge in [0.05, 0.1) is 0 Å². The van der Waals surface area contributed by atoms with Crippen molar-refractivity contribution in [2.45, 2.75) is 63.8 Å². The smallest absolute Gasteiger partial charge is 0.0294 e. The van der Waals surface area contributed by atoms with Crippen LogP contribution in [-0.4, -0.2) is 17.0 Å². The third-order valence-electron chi connectivity index (χ3n) is 3.96. The van der Waals surface area contributed by atoms with Crippen molar-refractivity contribution < 1.29 is 0 Å². The van der Waals surface area contributed by atoms with Gasteiger partial charge in [-0.15, -0.1) is 0 Å². The molecule has 3 atom stereocenters. The minimum Gasteiger partial charge on any atom is -0.307 e. The van der Waals surface area contributed by atoms with Crippen LogP contribution in [0.3, 0.4) is 0 Å². The van der Waals surface area contributed by atoms with Crippen LogP contribution in [0.5, 0.6) is 0 Å². The summed E-state index contributed by atoms with van der Waals surface area (Å²) in [7, 11) is 0. The van der Waals surface area contributed by atoms with Gasteiger partial charge in [0, 0.05) is 23.1 Å². The molecule has 0 amide bonds. The highest BCUT2D eigenvalue weighted by Crippen LogP contribution is 2.28. The summed E-state index contributed by atoms with van der Waals surface area (Å²) in [6.07, 6.45) is 1.30. The quantitative estimate of drug-likeness (QED) is 0.871. The first-order chi connectivity index (χ1) is 8.86. The van der Waals surface area contributed by atoms with Crippen LogP contribution in [0.1, 0.15) is 58.2 Å². The zero-order chi connectivity index (χ0) is 14.0. The standard InChI is InChI=1S/C17H27NS/c1-12-10-16(11-19-12)18-13(2)14-6-8-15(9-7-14)17(3,4)5/h6-9,12-13,16,18H,10-11H2,1-5H3. The van der Waals surface area contributed by atoms with E-state index in [0.29, 0.717) is 12.1 Å². The predicted molar refractivity (Wildman–Crippen MR) is 87.0 cm³/mol. The van der Waals surface area contributed by atoms with Crippen molar-refractivity contribution in [3.63, 3.8) is 0 Å². The van der Waals surface area contributed by atoms with Gasteiger partial charge < -0.3 is 5.32 Å². The molecule has 0 radical (unpaired) electrons. The first-order valence-electron chi connectivity index (χ1n) is 7.34. The Balaban J connectivity index is 1.98. The van der Waals surface area contributed by atoms with Gasteiger partial charge in [-0.05, 0) is 29.9 Å². The summed E-state index contributed by atoms with van der Waals surface area (Å²) in [5.74, 6) is 1.26. The van der Waals surface area contributed by atoms with E-state index in [1.54, 1.807) is 0 Å². The molecule has 1 aliphatic rings. The van der Waals surface area contributed by atoms with Crippen LogP contribution in [0.25, 0.3) is 0 Å². The number of nitrogens with one attached hydrogen (secondary N) is 1.